The SMILES string of the molecule is CC(C)COc1ccc(C2(C)CC(=O)N(C)C2=O)cc1. The first-order valence-electron chi connectivity index (χ1n) is 6.89. The molecule has 4 nitrogen and oxygen atoms in total. The lowest BCUT2D eigenvalue weighted by atomic mass is 9.81. The normalized spacial score (nSPS) is 22.8. The Kier molecular flexibility index (Phi) is 3.84. The Hall–Kier alpha value is -1.84. The molecular weight excluding hydrogens is 254 g/mol. The van der Waals surface area contributed by atoms with Crippen molar-refractivity contribution in [1.29, 1.82) is 0 Å². The van der Waals surface area contributed by atoms with Gasteiger partial charge in [0, 0.05) is 13.5 Å². The van der Waals surface area contributed by atoms with E-state index in [1.165, 1.54) is 11.9 Å². The van der Waals surface area contributed by atoms with Crippen LogP contribution in [0.5, 0.6) is 5.75 Å². The first-order valence-corrected chi connectivity index (χ1v) is 6.89. The minimum atomic E-state index is -0.748. The fourth-order valence-corrected chi connectivity index (χ4v) is 2.39. The number of ether oxygens (including phenoxy) is 1. The Morgan fingerprint density at radius 3 is 2.30 bits per heavy atom. The summed E-state index contributed by atoms with van der Waals surface area (Å²) in [5.74, 6) is 0.988. The standard InChI is InChI=1S/C16H21NO3/c1-11(2)10-20-13-7-5-12(6-8-13)16(3)9-14(18)17(4)15(16)19/h5-8,11H,9-10H2,1-4H3. The minimum absolute atomic E-state index is 0.127. The van der Waals surface area contributed by atoms with Crippen molar-refractivity contribution in [1.82, 2.24) is 4.90 Å². The average Bonchev–Trinajstić information content (AvgIpc) is 2.62. The van der Waals surface area contributed by atoms with E-state index < -0.39 is 5.41 Å². The van der Waals surface area contributed by atoms with Crippen LogP contribution in [-0.4, -0.2) is 30.4 Å². The number of hydrogen-bond acceptors (Lipinski definition) is 3. The summed E-state index contributed by atoms with van der Waals surface area (Å²) in [6.45, 7) is 6.67. The number of hydrogen-bond donors (Lipinski definition) is 0. The van der Waals surface area contributed by atoms with Gasteiger partial charge >= 0.3 is 0 Å². The quantitative estimate of drug-likeness (QED) is 0.793. The van der Waals surface area contributed by atoms with Crippen molar-refractivity contribution in [3.63, 3.8) is 0 Å². The van der Waals surface area contributed by atoms with E-state index in [4.69, 9.17) is 4.74 Å². The predicted molar refractivity (Wildman–Crippen MR) is 76.5 cm³/mol. The maximum atomic E-state index is 12.2. The van der Waals surface area contributed by atoms with Crippen LogP contribution in [0, 0.1) is 5.92 Å². The second-order valence-corrected chi connectivity index (χ2v) is 6.00. The molecule has 0 N–H and O–H groups in total. The number of nitrogens with zero attached hydrogens (tertiary/aromatic N) is 1. The lowest BCUT2D eigenvalue weighted by molar-refractivity contribution is -0.138. The van der Waals surface area contributed by atoms with Crippen molar-refractivity contribution in [2.45, 2.75) is 32.6 Å². The van der Waals surface area contributed by atoms with Gasteiger partial charge in [-0.25, -0.2) is 0 Å². The van der Waals surface area contributed by atoms with Gasteiger partial charge in [0.25, 0.3) is 0 Å². The van der Waals surface area contributed by atoms with Crippen LogP contribution in [-0.2, 0) is 15.0 Å². The predicted octanol–water partition coefficient (Wildman–Crippen LogP) is 2.37. The molecule has 0 radical (unpaired) electrons. The van der Waals surface area contributed by atoms with Crippen molar-refractivity contribution >= 4 is 11.8 Å². The third kappa shape index (κ3) is 2.55. The Balaban J connectivity index is 2.18. The number of carbonyl (C=O) groups is 2. The second kappa shape index (κ2) is 5.27. The summed E-state index contributed by atoms with van der Waals surface area (Å²) in [4.78, 5) is 25.1. The van der Waals surface area contributed by atoms with Gasteiger partial charge in [0.05, 0.1) is 12.0 Å². The summed E-state index contributed by atoms with van der Waals surface area (Å²) in [6.07, 6.45) is 0.231. The number of amides is 2. The maximum absolute atomic E-state index is 12.2. The number of rotatable bonds is 4. The molecule has 4 heteroatoms. The Bertz CT molecular complexity index is 521. The molecule has 0 aliphatic carbocycles. The van der Waals surface area contributed by atoms with E-state index in [2.05, 4.69) is 13.8 Å². The maximum Gasteiger partial charge on any atom is 0.239 e. The summed E-state index contributed by atoms with van der Waals surface area (Å²) < 4.78 is 5.62. The molecule has 1 saturated heterocycles. The zero-order chi connectivity index (χ0) is 14.9. The summed E-state index contributed by atoms with van der Waals surface area (Å²) in [7, 11) is 1.54. The van der Waals surface area contributed by atoms with E-state index in [1.807, 2.05) is 31.2 Å². The molecule has 0 bridgehead atoms. The van der Waals surface area contributed by atoms with E-state index >= 15 is 0 Å². The van der Waals surface area contributed by atoms with Gasteiger partial charge in [-0.15, -0.1) is 0 Å². The van der Waals surface area contributed by atoms with Crippen LogP contribution in [0.1, 0.15) is 32.8 Å². The number of imide groups is 1. The molecule has 2 rings (SSSR count). The van der Waals surface area contributed by atoms with Crippen molar-refractivity contribution in [2.75, 3.05) is 13.7 Å². The molecule has 20 heavy (non-hydrogen) atoms. The number of likely N-dealkylation sites (tertiary alicyclic amines) is 1. The Labute approximate surface area is 119 Å². The fourth-order valence-electron chi connectivity index (χ4n) is 2.39. The Morgan fingerprint density at radius 1 is 1.25 bits per heavy atom. The first-order chi connectivity index (χ1) is 9.34. The monoisotopic (exact) mass is 275 g/mol. The largest absolute Gasteiger partial charge is 0.493 e. The molecule has 1 fully saturated rings. The van der Waals surface area contributed by atoms with E-state index in [-0.39, 0.29) is 18.2 Å². The Morgan fingerprint density at radius 2 is 1.85 bits per heavy atom. The average molecular weight is 275 g/mol. The van der Waals surface area contributed by atoms with Gasteiger partial charge in [0.15, 0.2) is 0 Å². The highest BCUT2D eigenvalue weighted by Gasteiger charge is 2.47. The molecule has 0 saturated carbocycles. The van der Waals surface area contributed by atoms with Gasteiger partial charge in [-0.1, -0.05) is 26.0 Å². The minimum Gasteiger partial charge on any atom is -0.493 e. The van der Waals surface area contributed by atoms with E-state index in [9.17, 15) is 9.59 Å². The molecule has 1 aliphatic rings. The van der Waals surface area contributed by atoms with Crippen LogP contribution >= 0.6 is 0 Å². The summed E-state index contributed by atoms with van der Waals surface area (Å²) >= 11 is 0. The molecule has 1 aromatic rings. The highest BCUT2D eigenvalue weighted by Crippen LogP contribution is 2.36. The zero-order valence-electron chi connectivity index (χ0n) is 12.5. The van der Waals surface area contributed by atoms with Crippen molar-refractivity contribution in [3.05, 3.63) is 29.8 Å². The lowest BCUT2D eigenvalue weighted by Gasteiger charge is -2.21. The van der Waals surface area contributed by atoms with Crippen LogP contribution in [0.3, 0.4) is 0 Å². The molecule has 0 aromatic heterocycles. The molecule has 1 atom stereocenters. The van der Waals surface area contributed by atoms with Gasteiger partial charge in [-0.05, 0) is 30.5 Å². The van der Waals surface area contributed by atoms with Crippen molar-refractivity contribution in [2.24, 2.45) is 5.92 Å². The summed E-state index contributed by atoms with van der Waals surface area (Å²) in [6, 6.07) is 7.47. The fraction of sp³-hybridized carbons (Fsp3) is 0.500. The molecular formula is C16H21NO3. The van der Waals surface area contributed by atoms with Gasteiger partial charge in [0.2, 0.25) is 11.8 Å². The van der Waals surface area contributed by atoms with Gasteiger partial charge in [0.1, 0.15) is 5.75 Å². The molecule has 1 aromatic carbocycles. The number of carbonyl (C=O) groups excluding carboxylic acids is 2. The number of benzene rings is 1. The van der Waals surface area contributed by atoms with Crippen LogP contribution in [0.25, 0.3) is 0 Å². The summed E-state index contributed by atoms with van der Waals surface area (Å²) in [5.41, 5.74) is 0.111. The molecule has 0 spiro atoms. The zero-order valence-corrected chi connectivity index (χ0v) is 12.5. The molecule has 1 aliphatic heterocycles. The molecule has 108 valence electrons. The number of likely N-dealkylation sites (N-methyl/N-ethyl adjacent to an activating group) is 1. The van der Waals surface area contributed by atoms with E-state index in [0.29, 0.717) is 12.5 Å². The highest BCUT2D eigenvalue weighted by atomic mass is 16.5. The summed E-state index contributed by atoms with van der Waals surface area (Å²) in [5, 5.41) is 0. The van der Waals surface area contributed by atoms with Crippen molar-refractivity contribution < 1.29 is 14.3 Å². The third-order valence-electron chi connectivity index (χ3n) is 3.73. The van der Waals surface area contributed by atoms with Crippen LogP contribution in [0.4, 0.5) is 0 Å². The topological polar surface area (TPSA) is 46.6 Å². The third-order valence-corrected chi connectivity index (χ3v) is 3.73. The first kappa shape index (κ1) is 14.6. The van der Waals surface area contributed by atoms with Gasteiger partial charge < -0.3 is 4.74 Å². The molecule has 1 unspecified atom stereocenters. The van der Waals surface area contributed by atoms with E-state index in [0.717, 1.165) is 11.3 Å². The molecule has 1 heterocycles. The van der Waals surface area contributed by atoms with Crippen LogP contribution in [0.2, 0.25) is 0 Å². The lowest BCUT2D eigenvalue weighted by Crippen LogP contribution is -2.34. The van der Waals surface area contributed by atoms with Gasteiger partial charge in [-0.2, -0.15) is 0 Å². The highest BCUT2D eigenvalue weighted by molar-refractivity contribution is 6.08. The van der Waals surface area contributed by atoms with Gasteiger partial charge in [-0.3, -0.25) is 14.5 Å². The van der Waals surface area contributed by atoms with E-state index in [1.54, 1.807) is 0 Å². The van der Waals surface area contributed by atoms with Crippen LogP contribution < -0.4 is 4.74 Å². The van der Waals surface area contributed by atoms with Crippen molar-refractivity contribution in [3.8, 4) is 5.75 Å². The molecule has 2 amide bonds. The smallest absolute Gasteiger partial charge is 0.239 e. The second-order valence-electron chi connectivity index (χ2n) is 6.00. The van der Waals surface area contributed by atoms with Crippen LogP contribution in [0.15, 0.2) is 24.3 Å².